The Morgan fingerprint density at radius 3 is 2.71 bits per heavy atom. The van der Waals surface area contributed by atoms with Gasteiger partial charge in [0.25, 0.3) is 0 Å². The number of rotatable bonds is 2. The fourth-order valence-electron chi connectivity index (χ4n) is 2.03. The number of hydrogen-bond donors (Lipinski definition) is 1. The number of hydrogen-bond acceptors (Lipinski definition) is 3. The third-order valence-corrected chi connectivity index (χ3v) is 2.78. The van der Waals surface area contributed by atoms with Gasteiger partial charge < -0.3 is 15.4 Å². The molecule has 0 aromatic heterocycles. The first-order valence-electron chi connectivity index (χ1n) is 6.17. The van der Waals surface area contributed by atoms with Gasteiger partial charge in [-0.3, -0.25) is 0 Å². The average Bonchev–Trinajstić information content (AvgIpc) is 2.15. The quantitative estimate of drug-likeness (QED) is 0.811. The molecule has 0 radical (unpaired) electrons. The minimum Gasteiger partial charge on any atom is -0.444 e. The van der Waals surface area contributed by atoms with E-state index in [-0.39, 0.29) is 12.1 Å². The topological polar surface area (TPSA) is 55.6 Å². The summed E-state index contributed by atoms with van der Waals surface area (Å²) in [7, 11) is 0. The molecule has 0 spiro atoms. The van der Waals surface area contributed by atoms with Gasteiger partial charge in [-0.1, -0.05) is 0 Å². The number of carbonyl (C=O) groups excluding carboxylic acids is 1. The number of alkyl halides is 1. The zero-order chi connectivity index (χ0) is 13.1. The molecule has 4 nitrogen and oxygen atoms in total. The van der Waals surface area contributed by atoms with Crippen LogP contribution in [0.25, 0.3) is 0 Å². The van der Waals surface area contributed by atoms with Crippen molar-refractivity contribution in [1.82, 2.24) is 4.90 Å². The van der Waals surface area contributed by atoms with Gasteiger partial charge in [0, 0.05) is 12.6 Å². The summed E-state index contributed by atoms with van der Waals surface area (Å²) in [5, 5.41) is 0. The molecule has 100 valence electrons. The van der Waals surface area contributed by atoms with E-state index in [0.29, 0.717) is 32.4 Å². The first-order chi connectivity index (χ1) is 7.83. The van der Waals surface area contributed by atoms with E-state index in [1.807, 2.05) is 20.8 Å². The van der Waals surface area contributed by atoms with Gasteiger partial charge in [0.2, 0.25) is 0 Å². The summed E-state index contributed by atoms with van der Waals surface area (Å²) >= 11 is 0. The number of nitrogens with zero attached hydrogens (tertiary/aromatic N) is 1. The van der Waals surface area contributed by atoms with Crippen molar-refractivity contribution in [2.24, 2.45) is 5.73 Å². The van der Waals surface area contributed by atoms with Crippen LogP contribution in [0.2, 0.25) is 0 Å². The molecule has 1 aliphatic rings. The molecule has 2 unspecified atom stereocenters. The monoisotopic (exact) mass is 246 g/mol. The zero-order valence-corrected chi connectivity index (χ0v) is 10.9. The summed E-state index contributed by atoms with van der Waals surface area (Å²) in [6.45, 7) is 6.34. The van der Waals surface area contributed by atoms with Gasteiger partial charge in [-0.05, 0) is 46.6 Å². The maximum Gasteiger partial charge on any atom is 0.410 e. The molecule has 0 saturated carbocycles. The molecule has 0 aromatic rings. The molecule has 1 rings (SSSR count). The van der Waals surface area contributed by atoms with E-state index < -0.39 is 11.8 Å². The molecule has 0 aromatic carbocycles. The van der Waals surface area contributed by atoms with Gasteiger partial charge >= 0.3 is 6.09 Å². The van der Waals surface area contributed by atoms with Crippen LogP contribution in [0.15, 0.2) is 0 Å². The number of ether oxygens (including phenoxy) is 1. The van der Waals surface area contributed by atoms with Crippen molar-refractivity contribution in [3.05, 3.63) is 0 Å². The van der Waals surface area contributed by atoms with Crippen LogP contribution in [-0.4, -0.2) is 41.9 Å². The molecular weight excluding hydrogens is 223 g/mol. The van der Waals surface area contributed by atoms with Crippen molar-refractivity contribution < 1.29 is 13.9 Å². The van der Waals surface area contributed by atoms with Crippen LogP contribution in [0.4, 0.5) is 9.18 Å². The predicted octanol–water partition coefficient (Wildman–Crippen LogP) is 2.07. The van der Waals surface area contributed by atoms with Crippen molar-refractivity contribution in [3.8, 4) is 0 Å². The first-order valence-corrected chi connectivity index (χ1v) is 6.17. The molecule has 1 amide bonds. The van der Waals surface area contributed by atoms with Gasteiger partial charge in [0.1, 0.15) is 11.8 Å². The molecule has 1 fully saturated rings. The Morgan fingerprint density at radius 2 is 2.18 bits per heavy atom. The lowest BCUT2D eigenvalue weighted by molar-refractivity contribution is 0.00130. The highest BCUT2D eigenvalue weighted by Crippen LogP contribution is 2.24. The van der Waals surface area contributed by atoms with Gasteiger partial charge in [-0.2, -0.15) is 0 Å². The molecule has 1 heterocycles. The normalized spacial score (nSPS) is 25.8. The first kappa shape index (κ1) is 14.2. The minimum atomic E-state index is -0.828. The molecular formula is C12H23FN2O2. The predicted molar refractivity (Wildman–Crippen MR) is 64.5 cm³/mol. The van der Waals surface area contributed by atoms with Crippen molar-refractivity contribution in [3.63, 3.8) is 0 Å². The molecule has 1 saturated heterocycles. The Balaban J connectivity index is 2.62. The molecule has 0 bridgehead atoms. The SMILES string of the molecule is CC(C)(C)OC(=O)N1CCC(F)CC1CCN. The number of piperidine rings is 1. The Morgan fingerprint density at radius 1 is 1.53 bits per heavy atom. The average molecular weight is 246 g/mol. The zero-order valence-electron chi connectivity index (χ0n) is 10.9. The van der Waals surface area contributed by atoms with Crippen molar-refractivity contribution in [2.75, 3.05) is 13.1 Å². The number of nitrogens with two attached hydrogens (primary N) is 1. The Labute approximate surface area is 102 Å². The summed E-state index contributed by atoms with van der Waals surface area (Å²) < 4.78 is 18.6. The van der Waals surface area contributed by atoms with E-state index >= 15 is 0 Å². The minimum absolute atomic E-state index is 0.126. The van der Waals surface area contributed by atoms with Crippen LogP contribution in [0.3, 0.4) is 0 Å². The largest absolute Gasteiger partial charge is 0.444 e. The van der Waals surface area contributed by atoms with E-state index in [1.54, 1.807) is 4.90 Å². The summed E-state index contributed by atoms with van der Waals surface area (Å²) in [4.78, 5) is 13.6. The number of likely N-dealkylation sites (tertiary alicyclic amines) is 1. The lowest BCUT2D eigenvalue weighted by atomic mass is 9.98. The van der Waals surface area contributed by atoms with Crippen LogP contribution in [0.1, 0.15) is 40.0 Å². The maximum atomic E-state index is 13.3. The lowest BCUT2D eigenvalue weighted by Crippen LogP contribution is -2.49. The highest BCUT2D eigenvalue weighted by atomic mass is 19.1. The van der Waals surface area contributed by atoms with Gasteiger partial charge in [0.05, 0.1) is 0 Å². The van der Waals surface area contributed by atoms with Crippen LogP contribution >= 0.6 is 0 Å². The molecule has 5 heteroatoms. The fourth-order valence-corrected chi connectivity index (χ4v) is 2.03. The molecule has 0 aliphatic carbocycles. The third-order valence-electron chi connectivity index (χ3n) is 2.78. The number of halogens is 1. The van der Waals surface area contributed by atoms with E-state index in [1.165, 1.54) is 0 Å². The summed E-state index contributed by atoms with van der Waals surface area (Å²) in [5.41, 5.74) is 4.98. The van der Waals surface area contributed by atoms with Gasteiger partial charge in [-0.25, -0.2) is 9.18 Å². The Bertz CT molecular complexity index is 266. The van der Waals surface area contributed by atoms with E-state index in [9.17, 15) is 9.18 Å². The van der Waals surface area contributed by atoms with Crippen LogP contribution in [-0.2, 0) is 4.74 Å². The summed E-state index contributed by atoms with van der Waals surface area (Å²) in [6.07, 6.45) is 0.198. The second kappa shape index (κ2) is 5.67. The van der Waals surface area contributed by atoms with E-state index in [2.05, 4.69) is 0 Å². The standard InChI is InChI=1S/C12H23FN2O2/c1-12(2,3)17-11(16)15-7-5-9(13)8-10(15)4-6-14/h9-10H,4-8,14H2,1-3H3. The molecule has 1 aliphatic heterocycles. The fraction of sp³-hybridized carbons (Fsp3) is 0.917. The summed E-state index contributed by atoms with van der Waals surface area (Å²) in [5.74, 6) is 0. The van der Waals surface area contributed by atoms with Crippen LogP contribution in [0.5, 0.6) is 0 Å². The summed E-state index contributed by atoms with van der Waals surface area (Å²) in [6, 6.07) is -0.126. The molecule has 2 N–H and O–H groups in total. The van der Waals surface area contributed by atoms with Gasteiger partial charge in [0.15, 0.2) is 0 Å². The second-order valence-corrected chi connectivity index (χ2v) is 5.53. The van der Waals surface area contributed by atoms with Crippen molar-refractivity contribution in [1.29, 1.82) is 0 Å². The highest BCUT2D eigenvalue weighted by molar-refractivity contribution is 5.68. The van der Waals surface area contributed by atoms with Crippen molar-refractivity contribution >= 4 is 6.09 Å². The Hall–Kier alpha value is -0.840. The van der Waals surface area contributed by atoms with E-state index in [0.717, 1.165) is 0 Å². The second-order valence-electron chi connectivity index (χ2n) is 5.53. The number of amides is 1. The van der Waals surface area contributed by atoms with Crippen LogP contribution < -0.4 is 5.73 Å². The highest BCUT2D eigenvalue weighted by Gasteiger charge is 2.33. The maximum absolute atomic E-state index is 13.3. The van der Waals surface area contributed by atoms with E-state index in [4.69, 9.17) is 10.5 Å². The third kappa shape index (κ3) is 4.50. The van der Waals surface area contributed by atoms with Crippen LogP contribution in [0, 0.1) is 0 Å². The lowest BCUT2D eigenvalue weighted by Gasteiger charge is -2.37. The number of carbonyl (C=O) groups is 1. The molecule has 2 atom stereocenters. The van der Waals surface area contributed by atoms with Crippen molar-refractivity contribution in [2.45, 2.75) is 57.8 Å². The van der Waals surface area contributed by atoms with Gasteiger partial charge in [-0.15, -0.1) is 0 Å². The smallest absolute Gasteiger partial charge is 0.410 e. The Kier molecular flexibility index (Phi) is 4.74. The molecule has 17 heavy (non-hydrogen) atoms.